The number of halogens is 2. The molecule has 206 valence electrons. The first-order valence-electron chi connectivity index (χ1n) is 12.4. The summed E-state index contributed by atoms with van der Waals surface area (Å²) in [6.07, 6.45) is 1.91. The molecular weight excluding hydrogens is 541 g/mol. The van der Waals surface area contributed by atoms with E-state index in [4.69, 9.17) is 33.0 Å². The largest absolute Gasteiger partial charge is 0.480 e. The van der Waals surface area contributed by atoms with Crippen molar-refractivity contribution in [1.29, 1.82) is 0 Å². The summed E-state index contributed by atoms with van der Waals surface area (Å²) in [5.74, 6) is -2.03. The predicted molar refractivity (Wildman–Crippen MR) is 150 cm³/mol. The van der Waals surface area contributed by atoms with Gasteiger partial charge in [0.25, 0.3) is 11.8 Å². The van der Waals surface area contributed by atoms with Gasteiger partial charge >= 0.3 is 5.97 Å². The van der Waals surface area contributed by atoms with E-state index in [0.717, 1.165) is 11.1 Å². The fourth-order valence-electron chi connectivity index (χ4n) is 3.90. The molecule has 8 nitrogen and oxygen atoms in total. The van der Waals surface area contributed by atoms with Crippen molar-refractivity contribution in [3.05, 3.63) is 93.6 Å². The molecule has 2 amide bonds. The van der Waals surface area contributed by atoms with E-state index in [0.29, 0.717) is 16.5 Å². The highest BCUT2D eigenvalue weighted by atomic mass is 35.5. The van der Waals surface area contributed by atoms with Crippen LogP contribution in [0.25, 0.3) is 0 Å². The van der Waals surface area contributed by atoms with Gasteiger partial charge in [0.15, 0.2) is 5.60 Å². The Morgan fingerprint density at radius 1 is 0.974 bits per heavy atom. The molecule has 0 spiro atoms. The summed E-state index contributed by atoms with van der Waals surface area (Å²) in [4.78, 5) is 40.6. The number of carbonyl (C=O) groups excluding carboxylic acids is 2. The van der Waals surface area contributed by atoms with Crippen LogP contribution < -0.4 is 15.4 Å². The van der Waals surface area contributed by atoms with E-state index in [1.54, 1.807) is 19.9 Å². The van der Waals surface area contributed by atoms with Crippen LogP contribution in [0.1, 0.15) is 55.1 Å². The second-order valence-electron chi connectivity index (χ2n) is 9.79. The zero-order valence-corrected chi connectivity index (χ0v) is 23.6. The van der Waals surface area contributed by atoms with Gasteiger partial charge in [-0.1, -0.05) is 47.5 Å². The van der Waals surface area contributed by atoms with Gasteiger partial charge in [0.05, 0.1) is 5.56 Å². The Balaban J connectivity index is 1.71. The van der Waals surface area contributed by atoms with Crippen molar-refractivity contribution in [1.82, 2.24) is 15.6 Å². The number of nitrogens with one attached hydrogen (secondary N) is 2. The number of benzene rings is 2. The van der Waals surface area contributed by atoms with Crippen LogP contribution in [-0.2, 0) is 16.0 Å². The number of rotatable bonds is 11. The second kappa shape index (κ2) is 13.0. The minimum Gasteiger partial charge on any atom is -0.480 e. The highest BCUT2D eigenvalue weighted by molar-refractivity contribution is 6.30. The molecule has 3 N–H and O–H groups in total. The van der Waals surface area contributed by atoms with Crippen molar-refractivity contribution >= 4 is 41.0 Å². The van der Waals surface area contributed by atoms with E-state index in [9.17, 15) is 14.4 Å². The van der Waals surface area contributed by atoms with Gasteiger partial charge in [-0.2, -0.15) is 0 Å². The van der Waals surface area contributed by atoms with Gasteiger partial charge in [-0.3, -0.25) is 14.4 Å². The topological polar surface area (TPSA) is 118 Å². The number of carboxylic acids is 1. The van der Waals surface area contributed by atoms with Crippen LogP contribution in [0.4, 0.5) is 0 Å². The standard InChI is InChI=1S/C29H31Cl2N3O5/c1-17(24(20-6-5-7-23(31)15-20)14-19-8-11-22(30)12-9-19)34-28(38)29(3,4)39-25-13-10-21(16-32-25)26(35)33-18(2)27(36)37/h5-13,15-18,24H,14H2,1-4H3,(H,33,35)(H,34,38)(H,36,37). The summed E-state index contributed by atoms with van der Waals surface area (Å²) in [6, 6.07) is 16.7. The van der Waals surface area contributed by atoms with Crippen LogP contribution in [0.15, 0.2) is 66.9 Å². The lowest BCUT2D eigenvalue weighted by Gasteiger charge is -2.30. The summed E-state index contributed by atoms with van der Waals surface area (Å²) >= 11 is 12.3. The third kappa shape index (κ3) is 8.43. The zero-order chi connectivity index (χ0) is 28.7. The number of pyridine rings is 1. The summed E-state index contributed by atoms with van der Waals surface area (Å²) in [7, 11) is 0. The van der Waals surface area contributed by atoms with Crippen molar-refractivity contribution in [2.75, 3.05) is 0 Å². The number of aromatic nitrogens is 1. The van der Waals surface area contributed by atoms with Crippen LogP contribution in [0.3, 0.4) is 0 Å². The van der Waals surface area contributed by atoms with E-state index in [2.05, 4.69) is 15.6 Å². The zero-order valence-electron chi connectivity index (χ0n) is 22.1. The van der Waals surface area contributed by atoms with Crippen molar-refractivity contribution in [3.63, 3.8) is 0 Å². The Kier molecular flexibility index (Phi) is 9.94. The van der Waals surface area contributed by atoms with Crippen LogP contribution in [0, 0.1) is 0 Å². The molecule has 10 heteroatoms. The van der Waals surface area contributed by atoms with E-state index >= 15 is 0 Å². The third-order valence-electron chi connectivity index (χ3n) is 6.23. The SMILES string of the molecule is CC(NC(=O)c1ccc(OC(C)(C)C(=O)NC(C)C(Cc2ccc(Cl)cc2)c2cccc(Cl)c2)nc1)C(=O)O. The van der Waals surface area contributed by atoms with Crippen molar-refractivity contribution < 1.29 is 24.2 Å². The van der Waals surface area contributed by atoms with Gasteiger partial charge < -0.3 is 20.5 Å². The van der Waals surface area contributed by atoms with Crippen LogP contribution in [0.2, 0.25) is 10.0 Å². The molecule has 3 aromatic rings. The van der Waals surface area contributed by atoms with Gasteiger partial charge in [-0.05, 0) is 75.6 Å². The number of aliphatic carboxylic acids is 1. The van der Waals surface area contributed by atoms with Gasteiger partial charge in [0, 0.05) is 34.3 Å². The lowest BCUT2D eigenvalue weighted by atomic mass is 9.86. The van der Waals surface area contributed by atoms with Crippen LogP contribution >= 0.6 is 23.2 Å². The van der Waals surface area contributed by atoms with Crippen molar-refractivity contribution in [3.8, 4) is 5.88 Å². The molecule has 3 unspecified atom stereocenters. The molecule has 39 heavy (non-hydrogen) atoms. The molecule has 1 heterocycles. The summed E-state index contributed by atoms with van der Waals surface area (Å²) in [5, 5.41) is 15.6. The predicted octanol–water partition coefficient (Wildman–Crippen LogP) is 5.28. The third-order valence-corrected chi connectivity index (χ3v) is 6.72. The molecule has 3 rings (SSSR count). The molecule has 3 atom stereocenters. The molecule has 0 bridgehead atoms. The summed E-state index contributed by atoms with van der Waals surface area (Å²) < 4.78 is 5.87. The number of carboxylic acid groups (broad SMARTS) is 1. The minimum atomic E-state index is -1.29. The molecule has 0 saturated carbocycles. The molecule has 2 aromatic carbocycles. The average Bonchev–Trinajstić information content (AvgIpc) is 2.88. The summed E-state index contributed by atoms with van der Waals surface area (Å²) in [5.41, 5.74) is 0.920. The molecule has 0 radical (unpaired) electrons. The quantitative estimate of drug-likeness (QED) is 0.288. The maximum Gasteiger partial charge on any atom is 0.325 e. The van der Waals surface area contributed by atoms with Gasteiger partial charge in [0.1, 0.15) is 6.04 Å². The highest BCUT2D eigenvalue weighted by Gasteiger charge is 2.33. The Labute approximate surface area is 237 Å². The Bertz CT molecular complexity index is 1310. The van der Waals surface area contributed by atoms with Crippen LogP contribution in [0.5, 0.6) is 5.88 Å². The molecule has 0 saturated heterocycles. The Hall–Kier alpha value is -3.62. The second-order valence-corrected chi connectivity index (χ2v) is 10.7. The maximum absolute atomic E-state index is 13.3. The maximum atomic E-state index is 13.3. The van der Waals surface area contributed by atoms with Crippen molar-refractivity contribution in [2.45, 2.75) is 57.7 Å². The molecule has 1 aromatic heterocycles. The van der Waals surface area contributed by atoms with Gasteiger partial charge in [0.2, 0.25) is 5.88 Å². The average molecular weight is 572 g/mol. The van der Waals surface area contributed by atoms with E-state index in [1.807, 2.05) is 49.4 Å². The smallest absolute Gasteiger partial charge is 0.325 e. The molecule has 0 aliphatic heterocycles. The summed E-state index contributed by atoms with van der Waals surface area (Å²) in [6.45, 7) is 6.54. The lowest BCUT2D eigenvalue weighted by molar-refractivity contribution is -0.138. The number of amides is 2. The first-order chi connectivity index (χ1) is 18.4. The van der Waals surface area contributed by atoms with Gasteiger partial charge in [-0.25, -0.2) is 4.98 Å². The number of hydrogen-bond acceptors (Lipinski definition) is 5. The van der Waals surface area contributed by atoms with E-state index in [1.165, 1.54) is 25.3 Å². The monoisotopic (exact) mass is 571 g/mol. The number of carbonyl (C=O) groups is 3. The fraction of sp³-hybridized carbons (Fsp3) is 0.310. The highest BCUT2D eigenvalue weighted by Crippen LogP contribution is 2.28. The normalized spacial score (nSPS) is 13.6. The molecular formula is C29H31Cl2N3O5. The number of hydrogen-bond donors (Lipinski definition) is 3. The lowest BCUT2D eigenvalue weighted by Crippen LogP contribution is -2.51. The number of ether oxygens (including phenoxy) is 1. The van der Waals surface area contributed by atoms with Gasteiger partial charge in [-0.15, -0.1) is 0 Å². The molecule has 0 aliphatic rings. The Morgan fingerprint density at radius 3 is 2.26 bits per heavy atom. The minimum absolute atomic E-state index is 0.0891. The first-order valence-corrected chi connectivity index (χ1v) is 13.1. The fourth-order valence-corrected chi connectivity index (χ4v) is 4.23. The van der Waals surface area contributed by atoms with E-state index in [-0.39, 0.29) is 29.3 Å². The molecule has 0 fully saturated rings. The van der Waals surface area contributed by atoms with E-state index < -0.39 is 23.5 Å². The first kappa shape index (κ1) is 29.9. The Morgan fingerprint density at radius 2 is 1.67 bits per heavy atom. The van der Waals surface area contributed by atoms with Crippen molar-refractivity contribution in [2.24, 2.45) is 0 Å². The number of nitrogens with zero attached hydrogens (tertiary/aromatic N) is 1. The van der Waals surface area contributed by atoms with Crippen LogP contribution in [-0.4, -0.2) is 45.6 Å². The molecule has 0 aliphatic carbocycles.